The monoisotopic (exact) mass is 326 g/mol. The van der Waals surface area contributed by atoms with Crippen LogP contribution in [0.2, 0.25) is 0 Å². The van der Waals surface area contributed by atoms with E-state index in [0.29, 0.717) is 6.42 Å². The number of aromatic nitrogens is 4. The van der Waals surface area contributed by atoms with Gasteiger partial charge in [-0.05, 0) is 35.3 Å². The highest BCUT2D eigenvalue weighted by Gasteiger charge is 2.19. The predicted octanol–water partition coefficient (Wildman–Crippen LogP) is 2.06. The fourth-order valence-electron chi connectivity index (χ4n) is 2.22. The largest absolute Gasteiger partial charge is 0.386 e. The van der Waals surface area contributed by atoms with E-state index in [1.807, 2.05) is 27.1 Å². The van der Waals surface area contributed by atoms with Gasteiger partial charge in [-0.25, -0.2) is 0 Å². The maximum Gasteiger partial charge on any atom is 0.101 e. The molecule has 0 bridgehead atoms. The summed E-state index contributed by atoms with van der Waals surface area (Å²) in [6.45, 7) is 4.00. The molecule has 2 aromatic rings. The van der Waals surface area contributed by atoms with E-state index < -0.39 is 6.10 Å². The van der Waals surface area contributed by atoms with Crippen molar-refractivity contribution in [1.29, 1.82) is 0 Å². The molecule has 0 fully saturated rings. The van der Waals surface area contributed by atoms with Crippen LogP contribution in [0, 0.1) is 6.92 Å². The van der Waals surface area contributed by atoms with E-state index in [2.05, 4.69) is 33.1 Å². The molecule has 2 aromatic heterocycles. The van der Waals surface area contributed by atoms with Gasteiger partial charge < -0.3 is 5.11 Å². The second kappa shape index (κ2) is 5.46. The van der Waals surface area contributed by atoms with E-state index in [1.165, 1.54) is 0 Å². The fraction of sp³-hybridized carbons (Fsp3) is 0.538. The van der Waals surface area contributed by atoms with Crippen molar-refractivity contribution in [2.75, 3.05) is 0 Å². The first-order chi connectivity index (χ1) is 8.93. The Kier molecular flexibility index (Phi) is 4.10. The Morgan fingerprint density at radius 2 is 2.00 bits per heavy atom. The predicted molar refractivity (Wildman–Crippen MR) is 76.9 cm³/mol. The average Bonchev–Trinajstić information content (AvgIpc) is 2.85. The molecule has 2 heterocycles. The Bertz CT molecular complexity index is 588. The summed E-state index contributed by atoms with van der Waals surface area (Å²) in [5.74, 6) is 0. The van der Waals surface area contributed by atoms with Crippen LogP contribution in [-0.4, -0.2) is 24.7 Å². The van der Waals surface area contributed by atoms with Gasteiger partial charge >= 0.3 is 0 Å². The fourth-order valence-corrected chi connectivity index (χ4v) is 2.72. The summed E-state index contributed by atoms with van der Waals surface area (Å²) >= 11 is 3.52. The van der Waals surface area contributed by atoms with Gasteiger partial charge in [-0.1, -0.05) is 6.92 Å². The molecular formula is C13H19BrN4O. The van der Waals surface area contributed by atoms with Crippen LogP contribution < -0.4 is 0 Å². The minimum absolute atomic E-state index is 0.514. The van der Waals surface area contributed by atoms with Crippen molar-refractivity contribution in [3.8, 4) is 0 Å². The smallest absolute Gasteiger partial charge is 0.101 e. The number of nitrogens with zero attached hydrogens (tertiary/aromatic N) is 4. The van der Waals surface area contributed by atoms with Crippen LogP contribution in [0.3, 0.4) is 0 Å². The molecule has 1 unspecified atom stereocenters. The highest BCUT2D eigenvalue weighted by Crippen LogP contribution is 2.26. The van der Waals surface area contributed by atoms with Crippen molar-refractivity contribution < 1.29 is 5.11 Å². The molecule has 5 nitrogen and oxygen atoms in total. The molecule has 0 spiro atoms. The number of aliphatic hydroxyl groups excluding tert-OH is 1. The lowest BCUT2D eigenvalue weighted by molar-refractivity contribution is 0.166. The summed E-state index contributed by atoms with van der Waals surface area (Å²) < 4.78 is 4.52. The van der Waals surface area contributed by atoms with Crippen molar-refractivity contribution in [1.82, 2.24) is 19.6 Å². The van der Waals surface area contributed by atoms with Crippen LogP contribution in [0.25, 0.3) is 0 Å². The van der Waals surface area contributed by atoms with Gasteiger partial charge in [-0.15, -0.1) is 0 Å². The summed E-state index contributed by atoms with van der Waals surface area (Å²) in [6.07, 6.45) is 0.805. The first kappa shape index (κ1) is 14.3. The van der Waals surface area contributed by atoms with Gasteiger partial charge in [-0.2, -0.15) is 10.2 Å². The lowest BCUT2D eigenvalue weighted by atomic mass is 10.1. The van der Waals surface area contributed by atoms with E-state index in [9.17, 15) is 5.11 Å². The molecule has 2 rings (SSSR count). The first-order valence-corrected chi connectivity index (χ1v) is 7.12. The first-order valence-electron chi connectivity index (χ1n) is 6.32. The Morgan fingerprint density at radius 3 is 2.47 bits per heavy atom. The van der Waals surface area contributed by atoms with E-state index in [-0.39, 0.29) is 0 Å². The van der Waals surface area contributed by atoms with Crippen LogP contribution in [0.5, 0.6) is 0 Å². The van der Waals surface area contributed by atoms with Gasteiger partial charge in [0.2, 0.25) is 0 Å². The zero-order chi connectivity index (χ0) is 14.2. The Hall–Kier alpha value is -1.14. The third kappa shape index (κ3) is 2.74. The van der Waals surface area contributed by atoms with Gasteiger partial charge in [0.1, 0.15) is 6.10 Å². The summed E-state index contributed by atoms with van der Waals surface area (Å²) in [5.41, 5.74) is 3.76. The van der Waals surface area contributed by atoms with Crippen molar-refractivity contribution >= 4 is 15.9 Å². The Labute approximate surface area is 121 Å². The molecule has 1 N–H and O–H groups in total. The molecule has 6 heteroatoms. The molecule has 0 aliphatic carbocycles. The number of rotatable bonds is 4. The van der Waals surface area contributed by atoms with E-state index >= 15 is 0 Å². The van der Waals surface area contributed by atoms with Crippen LogP contribution in [0.15, 0.2) is 10.5 Å². The highest BCUT2D eigenvalue weighted by molar-refractivity contribution is 9.10. The molecule has 0 saturated carbocycles. The van der Waals surface area contributed by atoms with Crippen molar-refractivity contribution in [2.24, 2.45) is 14.1 Å². The SMILES string of the molecule is CCc1cc(C(O)Cc2c(Br)c(C)nn2C)n(C)n1. The summed E-state index contributed by atoms with van der Waals surface area (Å²) in [6, 6.07) is 1.96. The number of halogens is 1. The van der Waals surface area contributed by atoms with Crippen molar-refractivity contribution in [2.45, 2.75) is 32.8 Å². The van der Waals surface area contributed by atoms with Crippen molar-refractivity contribution in [3.63, 3.8) is 0 Å². The molecule has 19 heavy (non-hydrogen) atoms. The zero-order valence-corrected chi connectivity index (χ0v) is 13.3. The maximum atomic E-state index is 10.4. The number of aliphatic hydroxyl groups is 1. The van der Waals surface area contributed by atoms with Crippen molar-refractivity contribution in [3.05, 3.63) is 33.3 Å². The lowest BCUT2D eigenvalue weighted by Crippen LogP contribution is -2.10. The van der Waals surface area contributed by atoms with E-state index in [0.717, 1.165) is 33.7 Å². The van der Waals surface area contributed by atoms with Gasteiger partial charge in [0.15, 0.2) is 0 Å². The summed E-state index contributed by atoms with van der Waals surface area (Å²) in [4.78, 5) is 0. The second-order valence-corrected chi connectivity index (χ2v) is 5.52. The zero-order valence-electron chi connectivity index (χ0n) is 11.7. The van der Waals surface area contributed by atoms with Gasteiger partial charge in [0.05, 0.1) is 27.2 Å². The summed E-state index contributed by atoms with van der Waals surface area (Å²) in [5, 5.41) is 19.1. The molecule has 0 aliphatic heterocycles. The average molecular weight is 327 g/mol. The summed E-state index contributed by atoms with van der Waals surface area (Å²) in [7, 11) is 3.75. The van der Waals surface area contributed by atoms with E-state index in [1.54, 1.807) is 9.36 Å². The van der Waals surface area contributed by atoms with Crippen LogP contribution in [0.1, 0.15) is 35.8 Å². The molecular weight excluding hydrogens is 308 g/mol. The molecule has 0 radical (unpaired) electrons. The Balaban J connectivity index is 2.25. The van der Waals surface area contributed by atoms with Crippen LogP contribution in [-0.2, 0) is 26.9 Å². The minimum Gasteiger partial charge on any atom is -0.386 e. The van der Waals surface area contributed by atoms with Crippen LogP contribution in [0.4, 0.5) is 0 Å². The van der Waals surface area contributed by atoms with Crippen LogP contribution >= 0.6 is 15.9 Å². The molecule has 0 aromatic carbocycles. The molecule has 0 saturated heterocycles. The third-order valence-electron chi connectivity index (χ3n) is 3.32. The third-order valence-corrected chi connectivity index (χ3v) is 4.35. The molecule has 1 atom stereocenters. The molecule has 104 valence electrons. The van der Waals surface area contributed by atoms with Gasteiger partial charge in [0.25, 0.3) is 0 Å². The number of hydrogen-bond donors (Lipinski definition) is 1. The number of hydrogen-bond acceptors (Lipinski definition) is 3. The quantitative estimate of drug-likeness (QED) is 0.935. The van der Waals surface area contributed by atoms with E-state index in [4.69, 9.17) is 0 Å². The second-order valence-electron chi connectivity index (χ2n) is 4.73. The minimum atomic E-state index is -0.580. The maximum absolute atomic E-state index is 10.4. The lowest BCUT2D eigenvalue weighted by Gasteiger charge is -2.11. The number of aryl methyl sites for hydroxylation is 4. The normalized spacial score (nSPS) is 12.9. The standard InChI is InChI=1S/C13H19BrN4O/c1-5-9-6-10(17(3)16-9)12(19)7-11-13(14)8(2)15-18(11)4/h6,12,19H,5,7H2,1-4H3. The topological polar surface area (TPSA) is 55.9 Å². The molecule has 0 aliphatic rings. The van der Waals surface area contributed by atoms with Gasteiger partial charge in [0, 0.05) is 20.5 Å². The molecule has 0 amide bonds. The highest BCUT2D eigenvalue weighted by atomic mass is 79.9. The Morgan fingerprint density at radius 1 is 1.32 bits per heavy atom. The van der Waals surface area contributed by atoms with Gasteiger partial charge in [-0.3, -0.25) is 9.36 Å².